The molecule has 4 nitrogen and oxygen atoms in total. The summed E-state index contributed by atoms with van der Waals surface area (Å²) in [4.78, 5) is 5.88. The van der Waals surface area contributed by atoms with E-state index in [2.05, 4.69) is 9.97 Å². The highest BCUT2D eigenvalue weighted by molar-refractivity contribution is 5.86. The van der Waals surface area contributed by atoms with Crippen molar-refractivity contribution in [3.63, 3.8) is 0 Å². The second kappa shape index (κ2) is 5.01. The Morgan fingerprint density at radius 2 is 1.00 bits per heavy atom. The fourth-order valence-electron chi connectivity index (χ4n) is 2.11. The first-order valence-electron chi connectivity index (χ1n) is 6.26. The summed E-state index contributed by atoms with van der Waals surface area (Å²) in [5.74, 6) is 0.631. The molecule has 4 N–H and O–H groups in total. The third-order valence-corrected chi connectivity index (χ3v) is 3.13. The minimum absolute atomic E-state index is 0.315. The van der Waals surface area contributed by atoms with Crippen LogP contribution in [-0.2, 0) is 0 Å². The fraction of sp³-hybridized carbons (Fsp3) is 0. The molecule has 4 aromatic rings. The van der Waals surface area contributed by atoms with E-state index in [0.29, 0.717) is 11.5 Å². The number of hydrogen-bond donors (Lipinski definition) is 4. The van der Waals surface area contributed by atoms with E-state index in [-0.39, 0.29) is 0 Å². The zero-order valence-electron chi connectivity index (χ0n) is 10.7. The van der Waals surface area contributed by atoms with Crippen molar-refractivity contribution in [2.75, 3.05) is 0 Å². The van der Waals surface area contributed by atoms with Crippen LogP contribution in [-0.4, -0.2) is 20.2 Å². The molecule has 4 heteroatoms. The number of nitrogens with one attached hydrogen (secondary N) is 2. The van der Waals surface area contributed by atoms with E-state index in [1.165, 1.54) is 0 Å². The highest BCUT2D eigenvalue weighted by atomic mass is 16.3. The molecule has 0 unspecified atom stereocenters. The SMILES string of the molecule is Oc1c[nH]c2ccccc12.Oc1c[nH]c2ccccc12. The van der Waals surface area contributed by atoms with Gasteiger partial charge in [-0.1, -0.05) is 24.3 Å². The molecule has 0 atom stereocenters. The Balaban J connectivity index is 0.000000121. The standard InChI is InChI=1S/2C8H7NO/c2*10-8-5-9-7-4-2-1-3-6(7)8/h2*1-5,9-10H. The molecule has 2 aromatic heterocycles. The predicted octanol–water partition coefficient (Wildman–Crippen LogP) is 3.75. The van der Waals surface area contributed by atoms with Crippen LogP contribution < -0.4 is 0 Å². The number of fused-ring (bicyclic) bond motifs is 2. The molecule has 0 saturated heterocycles. The molecule has 2 aromatic carbocycles. The van der Waals surface area contributed by atoms with E-state index < -0.39 is 0 Å². The molecular weight excluding hydrogens is 252 g/mol. The molecule has 0 bridgehead atoms. The Kier molecular flexibility index (Phi) is 3.05. The number of aromatic hydroxyl groups is 2. The molecule has 2 heterocycles. The first kappa shape index (κ1) is 12.2. The van der Waals surface area contributed by atoms with Gasteiger partial charge in [0.25, 0.3) is 0 Å². The van der Waals surface area contributed by atoms with Crippen LogP contribution >= 0.6 is 0 Å². The van der Waals surface area contributed by atoms with E-state index in [1.54, 1.807) is 12.4 Å². The Labute approximate surface area is 115 Å². The van der Waals surface area contributed by atoms with E-state index >= 15 is 0 Å². The lowest BCUT2D eigenvalue weighted by molar-refractivity contribution is 0.481. The summed E-state index contributed by atoms with van der Waals surface area (Å²) >= 11 is 0. The van der Waals surface area contributed by atoms with E-state index in [0.717, 1.165) is 21.8 Å². The van der Waals surface area contributed by atoms with Gasteiger partial charge in [0.1, 0.15) is 11.5 Å². The van der Waals surface area contributed by atoms with Crippen molar-refractivity contribution in [2.45, 2.75) is 0 Å². The number of hydrogen-bond acceptors (Lipinski definition) is 2. The summed E-state index contributed by atoms with van der Waals surface area (Å²) in [6, 6.07) is 15.3. The summed E-state index contributed by atoms with van der Waals surface area (Å²) in [6.45, 7) is 0. The van der Waals surface area contributed by atoms with Crippen molar-refractivity contribution < 1.29 is 10.2 Å². The molecule has 0 aliphatic carbocycles. The molecule has 4 rings (SSSR count). The maximum Gasteiger partial charge on any atom is 0.140 e. The largest absolute Gasteiger partial charge is 0.506 e. The molecule has 0 spiro atoms. The van der Waals surface area contributed by atoms with Gasteiger partial charge in [-0.2, -0.15) is 0 Å². The van der Waals surface area contributed by atoms with Crippen LogP contribution in [0.15, 0.2) is 60.9 Å². The second-order valence-corrected chi connectivity index (χ2v) is 4.44. The minimum Gasteiger partial charge on any atom is -0.506 e. The van der Waals surface area contributed by atoms with Gasteiger partial charge in [0.2, 0.25) is 0 Å². The first-order valence-corrected chi connectivity index (χ1v) is 6.26. The molecule has 0 radical (unpaired) electrons. The Hall–Kier alpha value is -2.88. The van der Waals surface area contributed by atoms with E-state index in [1.807, 2.05) is 48.5 Å². The maximum atomic E-state index is 9.18. The van der Waals surface area contributed by atoms with Crippen LogP contribution in [0.25, 0.3) is 21.8 Å². The highest BCUT2D eigenvalue weighted by Gasteiger charge is 1.97. The molecular formula is C16H14N2O2. The van der Waals surface area contributed by atoms with Crippen molar-refractivity contribution >= 4 is 21.8 Å². The Morgan fingerprint density at radius 1 is 0.600 bits per heavy atom. The van der Waals surface area contributed by atoms with Gasteiger partial charge in [-0.3, -0.25) is 0 Å². The Morgan fingerprint density at radius 3 is 1.40 bits per heavy atom. The molecule has 0 saturated carbocycles. The summed E-state index contributed by atoms with van der Waals surface area (Å²) in [6.07, 6.45) is 3.18. The summed E-state index contributed by atoms with van der Waals surface area (Å²) in [7, 11) is 0. The van der Waals surface area contributed by atoms with Crippen molar-refractivity contribution in [1.29, 1.82) is 0 Å². The monoisotopic (exact) mass is 266 g/mol. The number of aromatic nitrogens is 2. The van der Waals surface area contributed by atoms with Crippen LogP contribution in [0.3, 0.4) is 0 Å². The first-order chi connectivity index (χ1) is 9.75. The topological polar surface area (TPSA) is 72.0 Å². The summed E-state index contributed by atoms with van der Waals surface area (Å²) in [5, 5.41) is 20.1. The van der Waals surface area contributed by atoms with Crippen molar-refractivity contribution in [3.05, 3.63) is 60.9 Å². The van der Waals surface area contributed by atoms with Crippen LogP contribution in [0.2, 0.25) is 0 Å². The number of rotatable bonds is 0. The lowest BCUT2D eigenvalue weighted by Gasteiger charge is -1.86. The molecule has 0 aliphatic rings. The van der Waals surface area contributed by atoms with Crippen molar-refractivity contribution in [3.8, 4) is 11.5 Å². The van der Waals surface area contributed by atoms with Crippen molar-refractivity contribution in [2.24, 2.45) is 0 Å². The van der Waals surface area contributed by atoms with Gasteiger partial charge in [0, 0.05) is 34.2 Å². The predicted molar refractivity (Wildman–Crippen MR) is 79.9 cm³/mol. The molecule has 20 heavy (non-hydrogen) atoms. The normalized spacial score (nSPS) is 10.4. The van der Waals surface area contributed by atoms with Crippen LogP contribution in [0.1, 0.15) is 0 Å². The zero-order valence-corrected chi connectivity index (χ0v) is 10.7. The van der Waals surface area contributed by atoms with Gasteiger partial charge < -0.3 is 20.2 Å². The minimum atomic E-state index is 0.315. The van der Waals surface area contributed by atoms with Gasteiger partial charge in [-0.15, -0.1) is 0 Å². The van der Waals surface area contributed by atoms with Gasteiger partial charge in [0.05, 0.1) is 0 Å². The lowest BCUT2D eigenvalue weighted by Crippen LogP contribution is -1.62. The second-order valence-electron chi connectivity index (χ2n) is 4.44. The van der Waals surface area contributed by atoms with Gasteiger partial charge in [-0.25, -0.2) is 0 Å². The average Bonchev–Trinajstić information content (AvgIpc) is 3.05. The lowest BCUT2D eigenvalue weighted by atomic mass is 10.2. The molecule has 100 valence electrons. The van der Waals surface area contributed by atoms with E-state index in [4.69, 9.17) is 0 Å². The average molecular weight is 266 g/mol. The van der Waals surface area contributed by atoms with Gasteiger partial charge in [0.15, 0.2) is 0 Å². The van der Waals surface area contributed by atoms with Crippen LogP contribution in [0.5, 0.6) is 11.5 Å². The zero-order chi connectivity index (χ0) is 13.9. The summed E-state index contributed by atoms with van der Waals surface area (Å²) in [5.41, 5.74) is 1.94. The number of aromatic amines is 2. The quantitative estimate of drug-likeness (QED) is 0.391. The number of para-hydroxylation sites is 2. The smallest absolute Gasteiger partial charge is 0.140 e. The van der Waals surface area contributed by atoms with Crippen molar-refractivity contribution in [1.82, 2.24) is 9.97 Å². The maximum absolute atomic E-state index is 9.18. The molecule has 0 fully saturated rings. The third-order valence-electron chi connectivity index (χ3n) is 3.13. The highest BCUT2D eigenvalue weighted by Crippen LogP contribution is 2.23. The number of H-pyrrole nitrogens is 2. The molecule has 0 amide bonds. The third kappa shape index (κ3) is 2.19. The fourth-order valence-corrected chi connectivity index (χ4v) is 2.11. The molecule has 0 aliphatic heterocycles. The van der Waals surface area contributed by atoms with Crippen LogP contribution in [0, 0.1) is 0 Å². The van der Waals surface area contributed by atoms with Gasteiger partial charge >= 0.3 is 0 Å². The van der Waals surface area contributed by atoms with Gasteiger partial charge in [-0.05, 0) is 24.3 Å². The van der Waals surface area contributed by atoms with E-state index in [9.17, 15) is 10.2 Å². The van der Waals surface area contributed by atoms with Crippen LogP contribution in [0.4, 0.5) is 0 Å². The number of benzene rings is 2. The Bertz CT molecular complexity index is 774. The summed E-state index contributed by atoms with van der Waals surface area (Å²) < 4.78 is 0.